The number of halogens is 4. The second-order valence-corrected chi connectivity index (χ2v) is 5.90. The quantitative estimate of drug-likeness (QED) is 0.714. The number of nitrogens with one attached hydrogen (secondary N) is 1. The van der Waals surface area contributed by atoms with Crippen LogP contribution < -0.4 is 5.32 Å². The van der Waals surface area contributed by atoms with Gasteiger partial charge in [-0.25, -0.2) is 4.39 Å². The summed E-state index contributed by atoms with van der Waals surface area (Å²) in [5, 5.41) is 3.40. The molecular weight excluding hydrogens is 384 g/mol. The van der Waals surface area contributed by atoms with Crippen LogP contribution in [0.25, 0.3) is 0 Å². The average molecular weight is 393 g/mol. The molecule has 0 aliphatic rings. The fourth-order valence-electron chi connectivity index (χ4n) is 1.48. The van der Waals surface area contributed by atoms with E-state index in [-0.39, 0.29) is 5.02 Å². The first-order chi connectivity index (χ1) is 8.56. The molecule has 2 aromatic carbocycles. The molecule has 0 aliphatic carbocycles. The smallest absolute Gasteiger partial charge is 0.141 e. The molecule has 1 nitrogen and oxygen atoms in total. The third-order valence-corrected chi connectivity index (χ3v) is 3.84. The fourth-order valence-corrected chi connectivity index (χ4v) is 2.87. The summed E-state index contributed by atoms with van der Waals surface area (Å²) in [6.07, 6.45) is 0. The third kappa shape index (κ3) is 3.46. The summed E-state index contributed by atoms with van der Waals surface area (Å²) in [7, 11) is 0. The van der Waals surface area contributed by atoms with Gasteiger partial charge in [-0.2, -0.15) is 0 Å². The molecule has 0 atom stereocenters. The van der Waals surface area contributed by atoms with Crippen LogP contribution in [-0.2, 0) is 6.54 Å². The number of hydrogen-bond acceptors (Lipinski definition) is 1. The minimum absolute atomic E-state index is 0.143. The Morgan fingerprint density at radius 3 is 2.56 bits per heavy atom. The van der Waals surface area contributed by atoms with Crippen LogP contribution in [0.4, 0.5) is 10.1 Å². The Hall–Kier alpha value is -0.580. The Bertz CT molecular complexity index is 575. The number of benzene rings is 2. The van der Waals surface area contributed by atoms with Gasteiger partial charge in [0.2, 0.25) is 0 Å². The van der Waals surface area contributed by atoms with E-state index < -0.39 is 5.82 Å². The predicted octanol–water partition coefficient (Wildman–Crippen LogP) is 5.62. The Morgan fingerprint density at radius 1 is 1.11 bits per heavy atom. The standard InChI is InChI=1S/C13H9Br2ClFN/c14-9-2-4-13(10(15)6-9)18-7-8-1-3-12(17)11(16)5-8/h1-6,18H,7H2. The molecule has 0 heterocycles. The van der Waals surface area contributed by atoms with E-state index in [1.807, 2.05) is 18.2 Å². The lowest BCUT2D eigenvalue weighted by molar-refractivity contribution is 0.627. The number of anilines is 1. The highest BCUT2D eigenvalue weighted by atomic mass is 79.9. The summed E-state index contributed by atoms with van der Waals surface area (Å²) in [5.41, 5.74) is 1.90. The zero-order valence-corrected chi connectivity index (χ0v) is 13.1. The maximum Gasteiger partial charge on any atom is 0.141 e. The number of hydrogen-bond donors (Lipinski definition) is 1. The van der Waals surface area contributed by atoms with E-state index in [1.54, 1.807) is 12.1 Å². The lowest BCUT2D eigenvalue weighted by Crippen LogP contribution is -2.00. The summed E-state index contributed by atoms with van der Waals surface area (Å²) >= 11 is 12.6. The Balaban J connectivity index is 2.09. The first-order valence-corrected chi connectivity index (χ1v) is 7.15. The maximum atomic E-state index is 13.0. The highest BCUT2D eigenvalue weighted by Gasteiger charge is 2.03. The van der Waals surface area contributed by atoms with Crippen molar-refractivity contribution in [3.8, 4) is 0 Å². The lowest BCUT2D eigenvalue weighted by atomic mass is 10.2. The van der Waals surface area contributed by atoms with Gasteiger partial charge in [-0.05, 0) is 51.8 Å². The van der Waals surface area contributed by atoms with Crippen molar-refractivity contribution >= 4 is 49.1 Å². The van der Waals surface area contributed by atoms with E-state index in [9.17, 15) is 4.39 Å². The largest absolute Gasteiger partial charge is 0.380 e. The van der Waals surface area contributed by atoms with Gasteiger partial charge >= 0.3 is 0 Å². The second-order valence-electron chi connectivity index (χ2n) is 3.73. The molecule has 0 saturated heterocycles. The minimum atomic E-state index is -0.398. The number of rotatable bonds is 3. The van der Waals surface area contributed by atoms with Gasteiger partial charge in [-0.15, -0.1) is 0 Å². The van der Waals surface area contributed by atoms with Gasteiger partial charge < -0.3 is 5.32 Å². The van der Waals surface area contributed by atoms with Crippen LogP contribution in [0, 0.1) is 5.82 Å². The van der Waals surface area contributed by atoms with E-state index in [0.717, 1.165) is 20.2 Å². The summed E-state index contributed by atoms with van der Waals surface area (Å²) < 4.78 is 15.0. The van der Waals surface area contributed by atoms with E-state index in [1.165, 1.54) is 6.07 Å². The van der Waals surface area contributed by atoms with Gasteiger partial charge in [0.25, 0.3) is 0 Å². The van der Waals surface area contributed by atoms with Crippen LogP contribution in [0.3, 0.4) is 0 Å². The highest BCUT2D eigenvalue weighted by Crippen LogP contribution is 2.26. The molecule has 0 aliphatic heterocycles. The van der Waals surface area contributed by atoms with Crippen molar-refractivity contribution in [3.63, 3.8) is 0 Å². The Morgan fingerprint density at radius 2 is 1.89 bits per heavy atom. The third-order valence-electron chi connectivity index (χ3n) is 2.40. The summed E-state index contributed by atoms with van der Waals surface area (Å²) in [4.78, 5) is 0. The van der Waals surface area contributed by atoms with Crippen molar-refractivity contribution in [2.45, 2.75) is 6.54 Å². The first-order valence-electron chi connectivity index (χ1n) is 5.19. The molecule has 0 unspecified atom stereocenters. The minimum Gasteiger partial charge on any atom is -0.380 e. The van der Waals surface area contributed by atoms with Crippen LogP contribution in [0.1, 0.15) is 5.56 Å². The SMILES string of the molecule is Fc1ccc(CNc2ccc(Br)cc2Br)cc1Cl. The first kappa shape index (κ1) is 13.8. The molecule has 0 fully saturated rings. The van der Waals surface area contributed by atoms with Gasteiger partial charge in [0.1, 0.15) is 5.82 Å². The normalized spacial score (nSPS) is 10.4. The molecule has 0 radical (unpaired) electrons. The van der Waals surface area contributed by atoms with Crippen molar-refractivity contribution in [3.05, 3.63) is 61.7 Å². The highest BCUT2D eigenvalue weighted by molar-refractivity contribution is 9.11. The zero-order chi connectivity index (χ0) is 13.1. The molecule has 0 spiro atoms. The summed E-state index contributed by atoms with van der Waals surface area (Å²) in [5.74, 6) is -0.398. The maximum absolute atomic E-state index is 13.0. The van der Waals surface area contributed by atoms with E-state index in [2.05, 4.69) is 37.2 Å². The van der Waals surface area contributed by atoms with Crippen LogP contribution >= 0.6 is 43.5 Å². The second kappa shape index (κ2) is 6.04. The van der Waals surface area contributed by atoms with Crippen molar-refractivity contribution in [2.24, 2.45) is 0 Å². The van der Waals surface area contributed by atoms with Gasteiger partial charge in [0, 0.05) is 21.2 Å². The van der Waals surface area contributed by atoms with Crippen molar-refractivity contribution < 1.29 is 4.39 Å². The summed E-state index contributed by atoms with van der Waals surface area (Å²) in [6, 6.07) is 10.6. The predicted molar refractivity (Wildman–Crippen MR) is 80.6 cm³/mol. The van der Waals surface area contributed by atoms with E-state index in [4.69, 9.17) is 11.6 Å². The van der Waals surface area contributed by atoms with Gasteiger partial charge in [-0.1, -0.05) is 33.6 Å². The van der Waals surface area contributed by atoms with Crippen LogP contribution in [0.2, 0.25) is 5.02 Å². The molecule has 0 bridgehead atoms. The Kier molecular flexibility index (Phi) is 4.65. The van der Waals surface area contributed by atoms with Crippen LogP contribution in [-0.4, -0.2) is 0 Å². The topological polar surface area (TPSA) is 12.0 Å². The molecule has 0 amide bonds. The lowest BCUT2D eigenvalue weighted by Gasteiger charge is -2.09. The van der Waals surface area contributed by atoms with E-state index in [0.29, 0.717) is 6.54 Å². The molecule has 0 saturated carbocycles. The van der Waals surface area contributed by atoms with E-state index >= 15 is 0 Å². The van der Waals surface area contributed by atoms with Gasteiger partial charge in [0.15, 0.2) is 0 Å². The summed E-state index contributed by atoms with van der Waals surface area (Å²) in [6.45, 7) is 0.584. The molecule has 18 heavy (non-hydrogen) atoms. The van der Waals surface area contributed by atoms with Crippen LogP contribution in [0.15, 0.2) is 45.3 Å². The fraction of sp³-hybridized carbons (Fsp3) is 0.0769. The van der Waals surface area contributed by atoms with Crippen LogP contribution in [0.5, 0.6) is 0 Å². The monoisotopic (exact) mass is 391 g/mol. The van der Waals surface area contributed by atoms with Crippen molar-refractivity contribution in [2.75, 3.05) is 5.32 Å². The molecule has 0 aromatic heterocycles. The van der Waals surface area contributed by atoms with Crippen molar-refractivity contribution in [1.82, 2.24) is 0 Å². The Labute approximate surface area is 127 Å². The molecule has 5 heteroatoms. The van der Waals surface area contributed by atoms with Crippen molar-refractivity contribution in [1.29, 1.82) is 0 Å². The van der Waals surface area contributed by atoms with Gasteiger partial charge in [0.05, 0.1) is 5.02 Å². The molecule has 2 aromatic rings. The zero-order valence-electron chi connectivity index (χ0n) is 9.18. The average Bonchev–Trinajstić information content (AvgIpc) is 2.32. The van der Waals surface area contributed by atoms with Gasteiger partial charge in [-0.3, -0.25) is 0 Å². The molecule has 1 N–H and O–H groups in total. The molecular formula is C13H9Br2ClFN. The molecule has 2 rings (SSSR count). The molecule has 94 valence electrons.